The van der Waals surface area contributed by atoms with Crippen molar-refractivity contribution in [2.45, 2.75) is 13.0 Å². The molecule has 0 aromatic heterocycles. The standard InChI is InChI=1S/C19H23FN2O3/c1-22(13-15-12-17(24-2)7-8-18(15)25-3)19(23)21-10-9-14-5-4-6-16(20)11-14/h4-8,11-12H,9-10,13H2,1-3H3,(H,21,23). The van der Waals surface area contributed by atoms with Gasteiger partial charge in [-0.25, -0.2) is 9.18 Å². The van der Waals surface area contributed by atoms with Crippen LogP contribution in [0.25, 0.3) is 0 Å². The lowest BCUT2D eigenvalue weighted by atomic mass is 10.1. The van der Waals surface area contributed by atoms with Gasteiger partial charge in [0.2, 0.25) is 0 Å². The van der Waals surface area contributed by atoms with Crippen molar-refractivity contribution in [1.29, 1.82) is 0 Å². The highest BCUT2D eigenvalue weighted by Gasteiger charge is 2.12. The molecule has 0 unspecified atom stereocenters. The van der Waals surface area contributed by atoms with Crippen molar-refractivity contribution in [2.75, 3.05) is 27.8 Å². The third-order valence-corrected chi connectivity index (χ3v) is 3.82. The normalized spacial score (nSPS) is 10.2. The van der Waals surface area contributed by atoms with Crippen LogP contribution in [0.1, 0.15) is 11.1 Å². The third-order valence-electron chi connectivity index (χ3n) is 3.82. The molecule has 0 heterocycles. The summed E-state index contributed by atoms with van der Waals surface area (Å²) >= 11 is 0. The number of halogens is 1. The summed E-state index contributed by atoms with van der Waals surface area (Å²) in [4.78, 5) is 13.8. The third kappa shape index (κ3) is 5.38. The number of hydrogen-bond donors (Lipinski definition) is 1. The lowest BCUT2D eigenvalue weighted by molar-refractivity contribution is 0.206. The summed E-state index contributed by atoms with van der Waals surface area (Å²) in [6, 6.07) is 11.6. The predicted molar refractivity (Wildman–Crippen MR) is 94.5 cm³/mol. The van der Waals surface area contributed by atoms with E-state index in [9.17, 15) is 9.18 Å². The first-order valence-corrected chi connectivity index (χ1v) is 7.97. The second-order valence-corrected chi connectivity index (χ2v) is 5.65. The van der Waals surface area contributed by atoms with Crippen LogP contribution in [0.2, 0.25) is 0 Å². The number of methoxy groups -OCH3 is 2. The van der Waals surface area contributed by atoms with Gasteiger partial charge in [0.05, 0.1) is 20.8 Å². The lowest BCUT2D eigenvalue weighted by Gasteiger charge is -2.20. The van der Waals surface area contributed by atoms with Crippen molar-refractivity contribution < 1.29 is 18.7 Å². The van der Waals surface area contributed by atoms with Crippen LogP contribution in [-0.2, 0) is 13.0 Å². The summed E-state index contributed by atoms with van der Waals surface area (Å²) in [5.41, 5.74) is 1.70. The largest absolute Gasteiger partial charge is 0.497 e. The fraction of sp³-hybridized carbons (Fsp3) is 0.316. The van der Waals surface area contributed by atoms with Crippen LogP contribution in [0.4, 0.5) is 9.18 Å². The molecule has 0 saturated heterocycles. The molecule has 0 spiro atoms. The van der Waals surface area contributed by atoms with Crippen LogP contribution in [-0.4, -0.2) is 38.7 Å². The molecule has 5 nitrogen and oxygen atoms in total. The van der Waals surface area contributed by atoms with Gasteiger partial charge in [0.1, 0.15) is 17.3 Å². The first-order chi connectivity index (χ1) is 12.0. The number of carbonyl (C=O) groups is 1. The summed E-state index contributed by atoms with van der Waals surface area (Å²) in [6.07, 6.45) is 0.569. The maximum Gasteiger partial charge on any atom is 0.317 e. The van der Waals surface area contributed by atoms with Gasteiger partial charge in [-0.2, -0.15) is 0 Å². The Morgan fingerprint density at radius 1 is 1.16 bits per heavy atom. The maximum atomic E-state index is 13.1. The minimum Gasteiger partial charge on any atom is -0.497 e. The minimum absolute atomic E-state index is 0.207. The molecule has 2 aromatic rings. The Labute approximate surface area is 147 Å². The van der Waals surface area contributed by atoms with Gasteiger partial charge in [-0.1, -0.05) is 12.1 Å². The van der Waals surface area contributed by atoms with Crippen LogP contribution in [0.3, 0.4) is 0 Å². The zero-order chi connectivity index (χ0) is 18.2. The number of amides is 2. The van der Waals surface area contributed by atoms with Crippen molar-refractivity contribution in [3.63, 3.8) is 0 Å². The highest BCUT2D eigenvalue weighted by Crippen LogP contribution is 2.24. The van der Waals surface area contributed by atoms with Crippen molar-refractivity contribution in [3.05, 3.63) is 59.4 Å². The number of urea groups is 1. The van der Waals surface area contributed by atoms with E-state index in [-0.39, 0.29) is 11.8 Å². The first kappa shape index (κ1) is 18.6. The fourth-order valence-electron chi connectivity index (χ4n) is 2.47. The van der Waals surface area contributed by atoms with Gasteiger partial charge in [0, 0.05) is 19.2 Å². The number of hydrogen-bond acceptors (Lipinski definition) is 3. The molecular formula is C19H23FN2O3. The van der Waals surface area contributed by atoms with Gasteiger partial charge in [-0.05, 0) is 42.3 Å². The Morgan fingerprint density at radius 2 is 1.96 bits per heavy atom. The Morgan fingerprint density at radius 3 is 2.64 bits per heavy atom. The van der Waals surface area contributed by atoms with Crippen LogP contribution in [0.15, 0.2) is 42.5 Å². The smallest absolute Gasteiger partial charge is 0.317 e. The lowest BCUT2D eigenvalue weighted by Crippen LogP contribution is -2.37. The molecule has 134 valence electrons. The van der Waals surface area contributed by atoms with E-state index in [0.717, 1.165) is 11.1 Å². The molecule has 2 amide bonds. The number of rotatable bonds is 7. The molecule has 25 heavy (non-hydrogen) atoms. The number of benzene rings is 2. The fourth-order valence-corrected chi connectivity index (χ4v) is 2.47. The Kier molecular flexibility index (Phi) is 6.62. The molecule has 0 aliphatic rings. The van der Waals surface area contributed by atoms with Crippen molar-refractivity contribution >= 4 is 6.03 Å². The average Bonchev–Trinajstić information content (AvgIpc) is 2.61. The Hall–Kier alpha value is -2.76. The minimum atomic E-state index is -0.272. The number of nitrogens with one attached hydrogen (secondary N) is 1. The number of ether oxygens (including phenoxy) is 2. The molecule has 2 rings (SSSR count). The molecule has 0 bridgehead atoms. The van der Waals surface area contributed by atoms with E-state index in [1.807, 2.05) is 18.2 Å². The molecule has 0 fully saturated rings. The van der Waals surface area contributed by atoms with Gasteiger partial charge < -0.3 is 19.7 Å². The summed E-state index contributed by atoms with van der Waals surface area (Å²) in [5.74, 6) is 1.13. The van der Waals surface area contributed by atoms with Crippen molar-refractivity contribution in [3.8, 4) is 11.5 Å². The molecule has 0 aliphatic carbocycles. The second kappa shape index (κ2) is 8.92. The monoisotopic (exact) mass is 346 g/mol. The van der Waals surface area contributed by atoms with Crippen LogP contribution in [0.5, 0.6) is 11.5 Å². The predicted octanol–water partition coefficient (Wildman–Crippen LogP) is 3.23. The Bertz CT molecular complexity index is 722. The van der Waals surface area contributed by atoms with E-state index in [1.54, 1.807) is 38.3 Å². The average molecular weight is 346 g/mol. The van der Waals surface area contributed by atoms with E-state index in [2.05, 4.69) is 5.32 Å². The molecule has 1 N–H and O–H groups in total. The zero-order valence-electron chi connectivity index (χ0n) is 14.7. The van der Waals surface area contributed by atoms with Gasteiger partial charge in [0.25, 0.3) is 0 Å². The SMILES string of the molecule is COc1ccc(OC)c(CN(C)C(=O)NCCc2cccc(F)c2)c1. The topological polar surface area (TPSA) is 50.8 Å². The van der Waals surface area contributed by atoms with Crippen LogP contribution < -0.4 is 14.8 Å². The first-order valence-electron chi connectivity index (χ1n) is 7.97. The Balaban J connectivity index is 1.89. The van der Waals surface area contributed by atoms with E-state index in [1.165, 1.54) is 12.1 Å². The molecule has 0 atom stereocenters. The van der Waals surface area contributed by atoms with Gasteiger partial charge in [-0.3, -0.25) is 0 Å². The van der Waals surface area contributed by atoms with Crippen molar-refractivity contribution in [2.24, 2.45) is 0 Å². The summed E-state index contributed by atoms with van der Waals surface area (Å²) in [7, 11) is 4.88. The molecule has 6 heteroatoms. The molecule has 0 aliphatic heterocycles. The molecule has 2 aromatic carbocycles. The summed E-state index contributed by atoms with van der Waals surface area (Å²) in [5, 5.41) is 2.83. The maximum absolute atomic E-state index is 13.1. The second-order valence-electron chi connectivity index (χ2n) is 5.65. The van der Waals surface area contributed by atoms with E-state index < -0.39 is 0 Å². The highest BCUT2D eigenvalue weighted by molar-refractivity contribution is 5.74. The summed E-state index contributed by atoms with van der Waals surface area (Å²) < 4.78 is 23.7. The van der Waals surface area contributed by atoms with Gasteiger partial charge in [-0.15, -0.1) is 0 Å². The molecular weight excluding hydrogens is 323 g/mol. The van der Waals surface area contributed by atoms with Crippen LogP contribution in [0, 0.1) is 5.82 Å². The van der Waals surface area contributed by atoms with E-state index in [0.29, 0.717) is 31.0 Å². The van der Waals surface area contributed by atoms with Gasteiger partial charge in [0.15, 0.2) is 0 Å². The quantitative estimate of drug-likeness (QED) is 0.837. The van der Waals surface area contributed by atoms with E-state index in [4.69, 9.17) is 9.47 Å². The summed E-state index contributed by atoms with van der Waals surface area (Å²) in [6.45, 7) is 0.814. The molecule has 0 radical (unpaired) electrons. The van der Waals surface area contributed by atoms with Crippen molar-refractivity contribution in [1.82, 2.24) is 10.2 Å². The highest BCUT2D eigenvalue weighted by atomic mass is 19.1. The number of nitrogens with zero attached hydrogens (tertiary/aromatic N) is 1. The van der Waals surface area contributed by atoms with Gasteiger partial charge >= 0.3 is 6.03 Å². The van der Waals surface area contributed by atoms with E-state index >= 15 is 0 Å². The number of carbonyl (C=O) groups excluding carboxylic acids is 1. The zero-order valence-corrected chi connectivity index (χ0v) is 14.7. The van der Waals surface area contributed by atoms with Crippen LogP contribution >= 0.6 is 0 Å². The molecule has 0 saturated carbocycles.